The summed E-state index contributed by atoms with van der Waals surface area (Å²) in [5.74, 6) is 0. The number of hydrogen-bond donors (Lipinski definition) is 1. The van der Waals surface area contributed by atoms with Crippen LogP contribution in [0.4, 0.5) is 5.13 Å². The molecule has 0 aromatic carbocycles. The van der Waals surface area contributed by atoms with Gasteiger partial charge in [-0.2, -0.15) is 0 Å². The highest BCUT2D eigenvalue weighted by Crippen LogP contribution is 2.21. The Balaban J connectivity index is 1.99. The van der Waals surface area contributed by atoms with E-state index >= 15 is 0 Å². The summed E-state index contributed by atoms with van der Waals surface area (Å²) in [6.45, 7) is 7.02. The first kappa shape index (κ1) is 12.7. The standard InChI is InChI=1S/C11H20N4OS/c1-4-9-7-16-8(2)5-15(9)6-10-13-14-11(12-3)17-10/h8-9H,4-7H2,1-3H3,(H,12,14). The number of hydrogen-bond acceptors (Lipinski definition) is 6. The number of morpholine rings is 1. The molecule has 1 aliphatic rings. The number of rotatable bonds is 4. The van der Waals surface area contributed by atoms with E-state index in [2.05, 4.69) is 34.3 Å². The second-order valence-electron chi connectivity index (χ2n) is 4.39. The zero-order valence-electron chi connectivity index (χ0n) is 10.6. The van der Waals surface area contributed by atoms with Gasteiger partial charge in [0.25, 0.3) is 0 Å². The summed E-state index contributed by atoms with van der Waals surface area (Å²) in [5.41, 5.74) is 0. The van der Waals surface area contributed by atoms with E-state index in [0.717, 1.165) is 36.3 Å². The SMILES string of the molecule is CCC1COC(C)CN1Cc1nnc(NC)s1. The maximum atomic E-state index is 5.69. The zero-order chi connectivity index (χ0) is 12.3. The highest BCUT2D eigenvalue weighted by molar-refractivity contribution is 7.15. The average molecular weight is 256 g/mol. The van der Waals surface area contributed by atoms with E-state index in [1.165, 1.54) is 0 Å². The Hall–Kier alpha value is -0.720. The third-order valence-electron chi connectivity index (χ3n) is 3.07. The van der Waals surface area contributed by atoms with Crippen molar-refractivity contribution in [2.75, 3.05) is 25.5 Å². The maximum absolute atomic E-state index is 5.69. The van der Waals surface area contributed by atoms with E-state index in [0.29, 0.717) is 12.1 Å². The highest BCUT2D eigenvalue weighted by Gasteiger charge is 2.26. The largest absolute Gasteiger partial charge is 0.376 e. The summed E-state index contributed by atoms with van der Waals surface area (Å²) < 4.78 is 5.69. The fourth-order valence-corrected chi connectivity index (χ4v) is 2.79. The van der Waals surface area contributed by atoms with Crippen LogP contribution in [0.1, 0.15) is 25.3 Å². The van der Waals surface area contributed by atoms with Crippen molar-refractivity contribution in [2.24, 2.45) is 0 Å². The van der Waals surface area contributed by atoms with E-state index < -0.39 is 0 Å². The molecule has 5 nitrogen and oxygen atoms in total. The Labute approximate surface area is 106 Å². The van der Waals surface area contributed by atoms with Crippen molar-refractivity contribution in [3.63, 3.8) is 0 Å². The van der Waals surface area contributed by atoms with Crippen LogP contribution in [0, 0.1) is 0 Å². The van der Waals surface area contributed by atoms with Crippen molar-refractivity contribution in [3.05, 3.63) is 5.01 Å². The zero-order valence-corrected chi connectivity index (χ0v) is 11.5. The molecule has 2 rings (SSSR count). The molecule has 1 aromatic rings. The van der Waals surface area contributed by atoms with E-state index in [1.807, 2.05) is 7.05 Å². The molecule has 2 unspecified atom stereocenters. The lowest BCUT2D eigenvalue weighted by atomic mass is 10.1. The van der Waals surface area contributed by atoms with E-state index in [-0.39, 0.29) is 0 Å². The molecule has 17 heavy (non-hydrogen) atoms. The number of anilines is 1. The summed E-state index contributed by atoms with van der Waals surface area (Å²) in [6, 6.07) is 0.508. The quantitative estimate of drug-likeness (QED) is 0.886. The average Bonchev–Trinajstić information content (AvgIpc) is 2.77. The predicted octanol–water partition coefficient (Wildman–Crippen LogP) is 1.58. The van der Waals surface area contributed by atoms with Crippen LogP contribution < -0.4 is 5.32 Å². The number of nitrogens with one attached hydrogen (secondary N) is 1. The third kappa shape index (κ3) is 3.14. The van der Waals surface area contributed by atoms with Gasteiger partial charge in [-0.25, -0.2) is 0 Å². The van der Waals surface area contributed by atoms with Crippen LogP contribution in [0.15, 0.2) is 0 Å². The van der Waals surface area contributed by atoms with Crippen molar-refractivity contribution in [1.82, 2.24) is 15.1 Å². The van der Waals surface area contributed by atoms with Gasteiger partial charge in [0.2, 0.25) is 5.13 Å². The van der Waals surface area contributed by atoms with Gasteiger partial charge in [-0.15, -0.1) is 10.2 Å². The minimum Gasteiger partial charge on any atom is -0.376 e. The summed E-state index contributed by atoms with van der Waals surface area (Å²) in [5, 5.41) is 13.2. The normalized spacial score (nSPS) is 26.1. The Morgan fingerprint density at radius 1 is 1.53 bits per heavy atom. The Bertz CT molecular complexity index is 357. The van der Waals surface area contributed by atoms with E-state index in [1.54, 1.807) is 11.3 Å². The van der Waals surface area contributed by atoms with Crippen LogP contribution in [0.2, 0.25) is 0 Å². The van der Waals surface area contributed by atoms with Crippen molar-refractivity contribution in [1.29, 1.82) is 0 Å². The van der Waals surface area contributed by atoms with Gasteiger partial charge in [-0.3, -0.25) is 4.90 Å². The topological polar surface area (TPSA) is 50.3 Å². The minimum atomic E-state index is 0.314. The van der Waals surface area contributed by atoms with Crippen LogP contribution in [0.3, 0.4) is 0 Å². The maximum Gasteiger partial charge on any atom is 0.205 e. The summed E-state index contributed by atoms with van der Waals surface area (Å²) in [7, 11) is 1.87. The second-order valence-corrected chi connectivity index (χ2v) is 5.45. The lowest BCUT2D eigenvalue weighted by Gasteiger charge is -2.37. The van der Waals surface area contributed by atoms with Crippen LogP contribution in [0.25, 0.3) is 0 Å². The highest BCUT2D eigenvalue weighted by atomic mass is 32.1. The Morgan fingerprint density at radius 2 is 2.35 bits per heavy atom. The second kappa shape index (κ2) is 5.75. The van der Waals surface area contributed by atoms with E-state index in [4.69, 9.17) is 4.74 Å². The number of nitrogens with zero attached hydrogens (tertiary/aromatic N) is 3. The third-order valence-corrected chi connectivity index (χ3v) is 4.00. The van der Waals surface area contributed by atoms with Gasteiger partial charge in [0.1, 0.15) is 5.01 Å². The molecule has 2 heterocycles. The van der Waals surface area contributed by atoms with Crippen LogP contribution in [-0.4, -0.2) is 47.4 Å². The Kier molecular flexibility index (Phi) is 4.31. The molecule has 6 heteroatoms. The molecule has 2 atom stereocenters. The molecule has 0 spiro atoms. The van der Waals surface area contributed by atoms with Gasteiger partial charge >= 0.3 is 0 Å². The van der Waals surface area contributed by atoms with Gasteiger partial charge in [0, 0.05) is 19.6 Å². The molecule has 1 fully saturated rings. The lowest BCUT2D eigenvalue weighted by molar-refractivity contribution is -0.0592. The van der Waals surface area contributed by atoms with Crippen molar-refractivity contribution in [3.8, 4) is 0 Å². The molecule has 0 aliphatic carbocycles. The van der Waals surface area contributed by atoms with Gasteiger partial charge < -0.3 is 10.1 Å². The van der Waals surface area contributed by atoms with Crippen molar-refractivity contribution in [2.45, 2.75) is 39.0 Å². The molecule has 0 bridgehead atoms. The molecule has 1 N–H and O–H groups in total. The fourth-order valence-electron chi connectivity index (χ4n) is 2.07. The molecule has 1 aliphatic heterocycles. The monoisotopic (exact) mass is 256 g/mol. The first-order valence-corrected chi connectivity index (χ1v) is 6.90. The molecule has 0 saturated carbocycles. The van der Waals surface area contributed by atoms with Gasteiger partial charge in [-0.1, -0.05) is 18.3 Å². The first-order valence-electron chi connectivity index (χ1n) is 6.08. The van der Waals surface area contributed by atoms with Gasteiger partial charge in [0.05, 0.1) is 19.3 Å². The van der Waals surface area contributed by atoms with Crippen LogP contribution in [-0.2, 0) is 11.3 Å². The molecular weight excluding hydrogens is 236 g/mol. The molecule has 0 radical (unpaired) electrons. The minimum absolute atomic E-state index is 0.314. The number of aromatic nitrogens is 2. The van der Waals surface area contributed by atoms with Gasteiger partial charge in [0.15, 0.2) is 0 Å². The molecule has 96 valence electrons. The van der Waals surface area contributed by atoms with Crippen molar-refractivity contribution >= 4 is 16.5 Å². The molecule has 0 amide bonds. The van der Waals surface area contributed by atoms with Crippen LogP contribution >= 0.6 is 11.3 Å². The van der Waals surface area contributed by atoms with Gasteiger partial charge in [-0.05, 0) is 13.3 Å². The Morgan fingerprint density at radius 3 is 3.00 bits per heavy atom. The molecule has 1 aromatic heterocycles. The number of ether oxygens (including phenoxy) is 1. The first-order chi connectivity index (χ1) is 8.22. The predicted molar refractivity (Wildman–Crippen MR) is 69.4 cm³/mol. The summed E-state index contributed by atoms with van der Waals surface area (Å²) in [6.07, 6.45) is 1.43. The van der Waals surface area contributed by atoms with E-state index in [9.17, 15) is 0 Å². The van der Waals surface area contributed by atoms with Crippen molar-refractivity contribution < 1.29 is 4.74 Å². The summed E-state index contributed by atoms with van der Waals surface area (Å²) >= 11 is 1.62. The lowest BCUT2D eigenvalue weighted by Crippen LogP contribution is -2.47. The summed E-state index contributed by atoms with van der Waals surface area (Å²) in [4.78, 5) is 2.45. The smallest absolute Gasteiger partial charge is 0.205 e. The fraction of sp³-hybridized carbons (Fsp3) is 0.818. The molecule has 1 saturated heterocycles. The molecular formula is C11H20N4OS. The van der Waals surface area contributed by atoms with Crippen LogP contribution in [0.5, 0.6) is 0 Å².